The summed E-state index contributed by atoms with van der Waals surface area (Å²) >= 11 is 0. The van der Waals surface area contributed by atoms with Crippen molar-refractivity contribution in [1.29, 1.82) is 0 Å². The van der Waals surface area contributed by atoms with E-state index in [0.29, 0.717) is 12.6 Å². The molecule has 4 nitrogen and oxygen atoms in total. The molecular formula is C19H25N3O. The molecule has 0 bridgehead atoms. The van der Waals surface area contributed by atoms with Gasteiger partial charge in [0.1, 0.15) is 0 Å². The third kappa shape index (κ3) is 3.71. The predicted molar refractivity (Wildman–Crippen MR) is 94.4 cm³/mol. The molecule has 2 aromatic carbocycles. The number of hydrogen-bond donors (Lipinski definition) is 2. The maximum absolute atomic E-state index is 12.4. The summed E-state index contributed by atoms with van der Waals surface area (Å²) in [5.41, 5.74) is 1.17. The highest BCUT2D eigenvalue weighted by atomic mass is 16.2. The van der Waals surface area contributed by atoms with Gasteiger partial charge in [0.15, 0.2) is 0 Å². The first-order valence-electron chi connectivity index (χ1n) is 8.37. The number of hydrogen-bond acceptors (Lipinski definition) is 3. The van der Waals surface area contributed by atoms with Crippen LogP contribution in [0.25, 0.3) is 10.8 Å². The highest BCUT2D eigenvalue weighted by Crippen LogP contribution is 2.23. The van der Waals surface area contributed by atoms with E-state index in [1.54, 1.807) is 0 Å². The second kappa shape index (κ2) is 7.11. The van der Waals surface area contributed by atoms with Crippen LogP contribution in [-0.4, -0.2) is 43.0 Å². The first-order chi connectivity index (χ1) is 11.1. The first-order valence-corrected chi connectivity index (χ1v) is 8.37. The Balaban J connectivity index is 1.68. The molecule has 0 spiro atoms. The molecule has 1 fully saturated rings. The molecule has 2 aromatic rings. The lowest BCUT2D eigenvalue weighted by Gasteiger charge is -2.33. The molecule has 1 amide bonds. The Labute approximate surface area is 137 Å². The molecule has 1 aliphatic heterocycles. The van der Waals surface area contributed by atoms with Gasteiger partial charge in [-0.2, -0.15) is 0 Å². The summed E-state index contributed by atoms with van der Waals surface area (Å²) in [4.78, 5) is 14.6. The Morgan fingerprint density at radius 1 is 1.30 bits per heavy atom. The van der Waals surface area contributed by atoms with Crippen LogP contribution in [0, 0.1) is 0 Å². The molecular weight excluding hydrogens is 286 g/mol. The summed E-state index contributed by atoms with van der Waals surface area (Å²) in [6, 6.07) is 15.0. The van der Waals surface area contributed by atoms with Crippen LogP contribution >= 0.6 is 0 Å². The summed E-state index contributed by atoms with van der Waals surface area (Å²) in [6.07, 6.45) is 0. The van der Waals surface area contributed by atoms with Crippen LogP contribution in [0.2, 0.25) is 0 Å². The van der Waals surface area contributed by atoms with Crippen LogP contribution in [-0.2, 0) is 4.79 Å². The van der Waals surface area contributed by atoms with E-state index in [2.05, 4.69) is 59.7 Å². The van der Waals surface area contributed by atoms with Gasteiger partial charge in [-0.25, -0.2) is 0 Å². The number of rotatable bonds is 4. The van der Waals surface area contributed by atoms with E-state index in [4.69, 9.17) is 0 Å². The van der Waals surface area contributed by atoms with E-state index in [1.165, 1.54) is 16.3 Å². The molecule has 1 heterocycles. The molecule has 2 atom stereocenters. The van der Waals surface area contributed by atoms with E-state index in [1.807, 2.05) is 12.1 Å². The normalized spacial score (nSPS) is 20.3. The van der Waals surface area contributed by atoms with Crippen molar-refractivity contribution in [3.63, 3.8) is 0 Å². The predicted octanol–water partition coefficient (Wildman–Crippen LogP) is 2.31. The van der Waals surface area contributed by atoms with E-state index in [9.17, 15) is 4.79 Å². The monoisotopic (exact) mass is 311 g/mol. The molecule has 3 rings (SSSR count). The minimum Gasteiger partial charge on any atom is -0.348 e. The van der Waals surface area contributed by atoms with Crippen LogP contribution in [0.15, 0.2) is 42.5 Å². The molecule has 2 N–H and O–H groups in total. The van der Waals surface area contributed by atoms with E-state index < -0.39 is 0 Å². The number of carbonyl (C=O) groups is 1. The fourth-order valence-electron chi connectivity index (χ4n) is 3.30. The highest BCUT2D eigenvalue weighted by Gasteiger charge is 2.21. The number of carbonyl (C=O) groups excluding carboxylic acids is 1. The number of nitrogens with zero attached hydrogens (tertiary/aromatic N) is 1. The minimum atomic E-state index is 0.00632. The second-order valence-electron chi connectivity index (χ2n) is 6.38. The van der Waals surface area contributed by atoms with Gasteiger partial charge in [0.05, 0.1) is 12.6 Å². The van der Waals surface area contributed by atoms with Crippen molar-refractivity contribution in [2.75, 3.05) is 26.2 Å². The number of amides is 1. The molecule has 122 valence electrons. The molecule has 1 aliphatic rings. The molecule has 1 saturated heterocycles. The zero-order valence-electron chi connectivity index (χ0n) is 13.9. The van der Waals surface area contributed by atoms with E-state index in [-0.39, 0.29) is 11.9 Å². The van der Waals surface area contributed by atoms with Crippen molar-refractivity contribution in [2.45, 2.75) is 25.9 Å². The van der Waals surface area contributed by atoms with Crippen molar-refractivity contribution in [3.05, 3.63) is 48.0 Å². The van der Waals surface area contributed by atoms with Crippen molar-refractivity contribution in [2.24, 2.45) is 0 Å². The maximum Gasteiger partial charge on any atom is 0.234 e. The van der Waals surface area contributed by atoms with Gasteiger partial charge in [0.25, 0.3) is 0 Å². The third-order valence-corrected chi connectivity index (χ3v) is 4.65. The molecule has 0 radical (unpaired) electrons. The summed E-state index contributed by atoms with van der Waals surface area (Å²) in [6.45, 7) is 7.52. The van der Waals surface area contributed by atoms with E-state index in [0.717, 1.165) is 19.6 Å². The summed E-state index contributed by atoms with van der Waals surface area (Å²) in [7, 11) is 0. The lowest BCUT2D eigenvalue weighted by molar-refractivity contribution is -0.123. The Kier molecular flexibility index (Phi) is 4.94. The first kappa shape index (κ1) is 16.0. The molecule has 1 unspecified atom stereocenters. The fraction of sp³-hybridized carbons (Fsp3) is 0.421. The van der Waals surface area contributed by atoms with Gasteiger partial charge < -0.3 is 10.6 Å². The van der Waals surface area contributed by atoms with Crippen molar-refractivity contribution < 1.29 is 4.79 Å². The average molecular weight is 311 g/mol. The summed E-state index contributed by atoms with van der Waals surface area (Å²) in [5.74, 6) is 0.0965. The molecule has 0 saturated carbocycles. The van der Waals surface area contributed by atoms with E-state index >= 15 is 0 Å². The van der Waals surface area contributed by atoms with Crippen LogP contribution in [0.1, 0.15) is 25.5 Å². The molecule has 0 aromatic heterocycles. The van der Waals surface area contributed by atoms with Crippen LogP contribution in [0.3, 0.4) is 0 Å². The Hall–Kier alpha value is -1.91. The lowest BCUT2D eigenvalue weighted by Crippen LogP contribution is -2.52. The van der Waals surface area contributed by atoms with Gasteiger partial charge in [0, 0.05) is 25.7 Å². The fourth-order valence-corrected chi connectivity index (χ4v) is 3.30. The number of piperazine rings is 1. The average Bonchev–Trinajstić information content (AvgIpc) is 2.56. The van der Waals surface area contributed by atoms with Gasteiger partial charge >= 0.3 is 0 Å². The van der Waals surface area contributed by atoms with Crippen molar-refractivity contribution in [3.8, 4) is 0 Å². The largest absolute Gasteiger partial charge is 0.348 e. The topological polar surface area (TPSA) is 44.4 Å². The third-order valence-electron chi connectivity index (χ3n) is 4.65. The smallest absolute Gasteiger partial charge is 0.234 e. The molecule has 0 aliphatic carbocycles. The molecule has 23 heavy (non-hydrogen) atoms. The van der Waals surface area contributed by atoms with Gasteiger partial charge in [-0.3, -0.25) is 9.69 Å². The number of benzene rings is 2. The van der Waals surface area contributed by atoms with Crippen molar-refractivity contribution >= 4 is 16.7 Å². The Morgan fingerprint density at radius 2 is 2.09 bits per heavy atom. The lowest BCUT2D eigenvalue weighted by atomic mass is 10.00. The summed E-state index contributed by atoms with van der Waals surface area (Å²) < 4.78 is 0. The molecule has 4 heteroatoms. The SMILES string of the molecule is CC(NC(=O)CN1CCNC[C@H]1C)c1cccc2ccccc12. The van der Waals surface area contributed by atoms with Crippen LogP contribution < -0.4 is 10.6 Å². The summed E-state index contributed by atoms with van der Waals surface area (Å²) in [5, 5.41) is 8.92. The van der Waals surface area contributed by atoms with Crippen LogP contribution in [0.4, 0.5) is 0 Å². The zero-order valence-corrected chi connectivity index (χ0v) is 13.9. The number of fused-ring (bicyclic) bond motifs is 1. The van der Waals surface area contributed by atoms with Gasteiger partial charge in [-0.1, -0.05) is 42.5 Å². The minimum absolute atomic E-state index is 0.00632. The zero-order chi connectivity index (χ0) is 16.2. The van der Waals surface area contributed by atoms with Gasteiger partial charge in [0.2, 0.25) is 5.91 Å². The van der Waals surface area contributed by atoms with Crippen molar-refractivity contribution in [1.82, 2.24) is 15.5 Å². The Bertz CT molecular complexity index is 680. The highest BCUT2D eigenvalue weighted by molar-refractivity contribution is 5.87. The standard InChI is InChI=1S/C19H25N3O/c1-14-12-20-10-11-22(14)13-19(23)21-15(2)17-9-5-7-16-6-3-4-8-18(16)17/h3-9,14-15,20H,10-13H2,1-2H3,(H,21,23)/t14-,15?/m1/s1. The van der Waals surface area contributed by atoms with Gasteiger partial charge in [-0.15, -0.1) is 0 Å². The second-order valence-corrected chi connectivity index (χ2v) is 6.38. The Morgan fingerprint density at radius 3 is 2.91 bits per heavy atom. The van der Waals surface area contributed by atoms with Crippen LogP contribution in [0.5, 0.6) is 0 Å². The maximum atomic E-state index is 12.4. The number of nitrogens with one attached hydrogen (secondary N) is 2. The quantitative estimate of drug-likeness (QED) is 0.911. The van der Waals surface area contributed by atoms with Gasteiger partial charge in [-0.05, 0) is 30.2 Å².